The van der Waals surface area contributed by atoms with Gasteiger partial charge in [-0.25, -0.2) is 0 Å². The first-order chi connectivity index (χ1) is 7.90. The van der Waals surface area contributed by atoms with Gasteiger partial charge in [0.25, 0.3) is 0 Å². The standard InChI is InChI=1S/C13H26N2O/c14-10-12(13-8-5-9-16-13)15-11-6-3-1-2-4-7-11/h11-13,15H,1-10,14H2. The Morgan fingerprint density at radius 1 is 1.06 bits per heavy atom. The van der Waals surface area contributed by atoms with Crippen molar-refractivity contribution >= 4 is 0 Å². The van der Waals surface area contributed by atoms with Gasteiger partial charge in [-0.05, 0) is 25.7 Å². The van der Waals surface area contributed by atoms with Gasteiger partial charge in [0.15, 0.2) is 0 Å². The number of nitrogens with two attached hydrogens (primary N) is 1. The zero-order valence-electron chi connectivity index (χ0n) is 10.3. The van der Waals surface area contributed by atoms with E-state index in [0.29, 0.717) is 24.7 Å². The monoisotopic (exact) mass is 226 g/mol. The molecule has 0 aromatic heterocycles. The molecule has 0 aromatic rings. The lowest BCUT2D eigenvalue weighted by molar-refractivity contribution is 0.0757. The van der Waals surface area contributed by atoms with Crippen molar-refractivity contribution in [3.8, 4) is 0 Å². The first-order valence-electron chi connectivity index (χ1n) is 6.98. The van der Waals surface area contributed by atoms with Gasteiger partial charge in [-0.2, -0.15) is 0 Å². The summed E-state index contributed by atoms with van der Waals surface area (Å²) in [6, 6.07) is 1.06. The molecule has 2 atom stereocenters. The van der Waals surface area contributed by atoms with Crippen molar-refractivity contribution in [3.05, 3.63) is 0 Å². The van der Waals surface area contributed by atoms with Crippen LogP contribution in [0.1, 0.15) is 51.4 Å². The van der Waals surface area contributed by atoms with Gasteiger partial charge in [0.05, 0.1) is 6.10 Å². The Morgan fingerprint density at radius 3 is 2.38 bits per heavy atom. The highest BCUT2D eigenvalue weighted by molar-refractivity contribution is 4.85. The summed E-state index contributed by atoms with van der Waals surface area (Å²) in [4.78, 5) is 0. The molecule has 3 nitrogen and oxygen atoms in total. The van der Waals surface area contributed by atoms with E-state index in [0.717, 1.165) is 6.61 Å². The van der Waals surface area contributed by atoms with Crippen molar-refractivity contribution in [2.24, 2.45) is 5.73 Å². The van der Waals surface area contributed by atoms with E-state index in [2.05, 4.69) is 5.32 Å². The van der Waals surface area contributed by atoms with Crippen LogP contribution in [0.4, 0.5) is 0 Å². The molecule has 1 aliphatic carbocycles. The second kappa shape index (κ2) is 6.58. The van der Waals surface area contributed by atoms with E-state index in [4.69, 9.17) is 10.5 Å². The second-order valence-electron chi connectivity index (χ2n) is 5.25. The highest BCUT2D eigenvalue weighted by Gasteiger charge is 2.26. The third-order valence-corrected chi connectivity index (χ3v) is 3.97. The lowest BCUT2D eigenvalue weighted by Gasteiger charge is -2.28. The second-order valence-corrected chi connectivity index (χ2v) is 5.25. The quantitative estimate of drug-likeness (QED) is 0.719. The van der Waals surface area contributed by atoms with Crippen molar-refractivity contribution < 1.29 is 4.74 Å². The lowest BCUT2D eigenvalue weighted by Crippen LogP contribution is -2.49. The summed E-state index contributed by atoms with van der Waals surface area (Å²) in [6.45, 7) is 1.63. The molecule has 3 N–H and O–H groups in total. The molecule has 1 aliphatic heterocycles. The summed E-state index contributed by atoms with van der Waals surface area (Å²) in [5.41, 5.74) is 5.87. The number of nitrogens with one attached hydrogen (secondary N) is 1. The summed E-state index contributed by atoms with van der Waals surface area (Å²) in [5, 5.41) is 3.74. The Bertz CT molecular complexity index is 184. The molecule has 0 radical (unpaired) electrons. The summed E-state index contributed by atoms with van der Waals surface area (Å²) in [7, 11) is 0. The first-order valence-corrected chi connectivity index (χ1v) is 6.98. The average molecular weight is 226 g/mol. The molecule has 1 saturated heterocycles. The predicted octanol–water partition coefficient (Wildman–Crippen LogP) is 1.81. The van der Waals surface area contributed by atoms with Crippen LogP contribution in [-0.4, -0.2) is 31.3 Å². The van der Waals surface area contributed by atoms with Crippen LogP contribution in [0.2, 0.25) is 0 Å². The van der Waals surface area contributed by atoms with Crippen LogP contribution in [0.5, 0.6) is 0 Å². The van der Waals surface area contributed by atoms with E-state index in [1.807, 2.05) is 0 Å². The molecule has 0 aromatic carbocycles. The summed E-state index contributed by atoms with van der Waals surface area (Å²) in [5.74, 6) is 0. The zero-order chi connectivity index (χ0) is 11.2. The average Bonchev–Trinajstić information content (AvgIpc) is 2.71. The lowest BCUT2D eigenvalue weighted by atomic mass is 10.0. The third kappa shape index (κ3) is 3.44. The highest BCUT2D eigenvalue weighted by Crippen LogP contribution is 2.20. The third-order valence-electron chi connectivity index (χ3n) is 3.97. The van der Waals surface area contributed by atoms with Crippen LogP contribution >= 0.6 is 0 Å². The van der Waals surface area contributed by atoms with Gasteiger partial charge >= 0.3 is 0 Å². The minimum Gasteiger partial charge on any atom is -0.377 e. The Hall–Kier alpha value is -0.120. The molecule has 1 heterocycles. The molecule has 2 unspecified atom stereocenters. The van der Waals surface area contributed by atoms with Crippen molar-refractivity contribution in [2.75, 3.05) is 13.2 Å². The topological polar surface area (TPSA) is 47.3 Å². The maximum Gasteiger partial charge on any atom is 0.0741 e. The molecule has 3 heteroatoms. The van der Waals surface area contributed by atoms with E-state index in [9.17, 15) is 0 Å². The van der Waals surface area contributed by atoms with Crippen LogP contribution in [0.15, 0.2) is 0 Å². The molecule has 16 heavy (non-hydrogen) atoms. The number of hydrogen-bond donors (Lipinski definition) is 2. The van der Waals surface area contributed by atoms with E-state index in [-0.39, 0.29) is 0 Å². The van der Waals surface area contributed by atoms with Crippen molar-refractivity contribution in [2.45, 2.75) is 69.6 Å². The Morgan fingerprint density at radius 2 is 1.81 bits per heavy atom. The predicted molar refractivity (Wildman–Crippen MR) is 66.4 cm³/mol. The van der Waals surface area contributed by atoms with Gasteiger partial charge in [-0.1, -0.05) is 25.7 Å². The van der Waals surface area contributed by atoms with Crippen LogP contribution in [0, 0.1) is 0 Å². The fraction of sp³-hybridized carbons (Fsp3) is 1.00. The molecule has 0 spiro atoms. The Labute approximate surface area is 99.1 Å². The minimum atomic E-state index is 0.369. The van der Waals surface area contributed by atoms with Crippen molar-refractivity contribution in [3.63, 3.8) is 0 Å². The molecule has 94 valence electrons. The van der Waals surface area contributed by atoms with E-state index < -0.39 is 0 Å². The van der Waals surface area contributed by atoms with Gasteiger partial charge in [0, 0.05) is 25.2 Å². The molecular formula is C13H26N2O. The van der Waals surface area contributed by atoms with Gasteiger partial charge in [0.2, 0.25) is 0 Å². The van der Waals surface area contributed by atoms with E-state index >= 15 is 0 Å². The molecule has 0 amide bonds. The van der Waals surface area contributed by atoms with Crippen LogP contribution < -0.4 is 11.1 Å². The van der Waals surface area contributed by atoms with Gasteiger partial charge in [-0.3, -0.25) is 0 Å². The van der Waals surface area contributed by atoms with Gasteiger partial charge in [-0.15, -0.1) is 0 Å². The minimum absolute atomic E-state index is 0.369. The Balaban J connectivity index is 1.79. The first kappa shape index (κ1) is 12.3. The summed E-state index contributed by atoms with van der Waals surface area (Å²) < 4.78 is 5.74. The number of ether oxygens (including phenoxy) is 1. The maximum absolute atomic E-state index is 5.87. The molecule has 1 saturated carbocycles. The normalized spacial score (nSPS) is 30.2. The van der Waals surface area contributed by atoms with Crippen LogP contribution in [0.25, 0.3) is 0 Å². The van der Waals surface area contributed by atoms with Gasteiger partial charge < -0.3 is 15.8 Å². The van der Waals surface area contributed by atoms with Gasteiger partial charge in [0.1, 0.15) is 0 Å². The molecule has 2 rings (SSSR count). The van der Waals surface area contributed by atoms with Crippen molar-refractivity contribution in [1.29, 1.82) is 0 Å². The highest BCUT2D eigenvalue weighted by atomic mass is 16.5. The molecule has 2 fully saturated rings. The fourth-order valence-corrected chi connectivity index (χ4v) is 3.00. The van der Waals surface area contributed by atoms with Crippen molar-refractivity contribution in [1.82, 2.24) is 5.32 Å². The molecule has 2 aliphatic rings. The van der Waals surface area contributed by atoms with Crippen LogP contribution in [0.3, 0.4) is 0 Å². The number of rotatable bonds is 4. The summed E-state index contributed by atoms with van der Waals surface area (Å²) in [6.07, 6.45) is 11.0. The largest absolute Gasteiger partial charge is 0.377 e. The SMILES string of the molecule is NCC(NC1CCCCCC1)C1CCCO1. The molecular weight excluding hydrogens is 200 g/mol. The number of hydrogen-bond acceptors (Lipinski definition) is 3. The molecule has 0 bridgehead atoms. The maximum atomic E-state index is 5.87. The smallest absolute Gasteiger partial charge is 0.0741 e. The zero-order valence-corrected chi connectivity index (χ0v) is 10.3. The fourth-order valence-electron chi connectivity index (χ4n) is 3.00. The van der Waals surface area contributed by atoms with Crippen LogP contribution in [-0.2, 0) is 4.74 Å². The van der Waals surface area contributed by atoms with E-state index in [1.165, 1.54) is 51.4 Å². The Kier molecular flexibility index (Phi) is 5.07. The summed E-state index contributed by atoms with van der Waals surface area (Å²) >= 11 is 0. The van der Waals surface area contributed by atoms with E-state index in [1.54, 1.807) is 0 Å².